The van der Waals surface area contributed by atoms with Gasteiger partial charge in [-0.3, -0.25) is 0 Å². The van der Waals surface area contributed by atoms with Crippen LogP contribution in [0.3, 0.4) is 0 Å². The zero-order valence-electron chi connectivity index (χ0n) is 7.97. The third-order valence-corrected chi connectivity index (χ3v) is 4.85. The van der Waals surface area contributed by atoms with Gasteiger partial charge in [0.15, 0.2) is 8.68 Å². The second-order valence-corrected chi connectivity index (χ2v) is 6.39. The maximum Gasteiger partial charge on any atom is 0.252 e. The Morgan fingerprint density at radius 1 is 1.73 bits per heavy atom. The molecule has 0 spiro atoms. The van der Waals surface area contributed by atoms with Crippen molar-refractivity contribution >= 4 is 33.0 Å². The molecule has 1 rings (SSSR count). The molecular weight excluding hydrogens is 260 g/mol. The molecule has 1 atom stereocenters. The second-order valence-electron chi connectivity index (χ2n) is 2.84. The zero-order valence-corrected chi connectivity index (χ0v) is 10.4. The molecule has 15 heavy (non-hydrogen) atoms. The monoisotopic (exact) mass is 270 g/mol. The van der Waals surface area contributed by atoms with Crippen molar-refractivity contribution in [1.82, 2.24) is 9.71 Å². The summed E-state index contributed by atoms with van der Waals surface area (Å²) < 4.78 is 25.9. The molecule has 1 aromatic heterocycles. The van der Waals surface area contributed by atoms with Crippen LogP contribution >= 0.6 is 22.9 Å². The van der Waals surface area contributed by atoms with Crippen molar-refractivity contribution in [3.8, 4) is 0 Å². The summed E-state index contributed by atoms with van der Waals surface area (Å²) in [6.07, 6.45) is 1.71. The molecule has 2 N–H and O–H groups in total. The Balaban J connectivity index is 2.84. The molecule has 0 aliphatic heterocycles. The van der Waals surface area contributed by atoms with Crippen LogP contribution in [-0.2, 0) is 10.0 Å². The lowest BCUT2D eigenvalue weighted by Crippen LogP contribution is -2.36. The highest BCUT2D eigenvalue weighted by Crippen LogP contribution is 2.22. The molecule has 0 bridgehead atoms. The van der Waals surface area contributed by atoms with Gasteiger partial charge in [-0.2, -0.15) is 0 Å². The number of thiazole rings is 1. The molecule has 0 saturated heterocycles. The number of halogens is 1. The van der Waals surface area contributed by atoms with Crippen LogP contribution in [0.15, 0.2) is 10.4 Å². The maximum absolute atomic E-state index is 11.7. The van der Waals surface area contributed by atoms with Gasteiger partial charge in [0.25, 0.3) is 10.0 Å². The topological polar surface area (TPSA) is 79.3 Å². The molecule has 0 saturated carbocycles. The molecule has 0 radical (unpaired) electrons. The summed E-state index contributed by atoms with van der Waals surface area (Å²) in [5.74, 6) is 0. The number of hydrogen-bond donors (Lipinski definition) is 2. The van der Waals surface area contributed by atoms with E-state index in [0.29, 0.717) is 6.42 Å². The quantitative estimate of drug-likeness (QED) is 0.831. The van der Waals surface area contributed by atoms with E-state index >= 15 is 0 Å². The van der Waals surface area contributed by atoms with Crippen molar-refractivity contribution in [2.45, 2.75) is 23.6 Å². The average molecular weight is 271 g/mol. The third-order valence-electron chi connectivity index (χ3n) is 1.76. The van der Waals surface area contributed by atoms with Crippen molar-refractivity contribution in [3.05, 3.63) is 10.7 Å². The molecule has 0 aliphatic rings. The van der Waals surface area contributed by atoms with Crippen LogP contribution in [0.5, 0.6) is 0 Å². The number of nitrogens with zero attached hydrogens (tertiary/aromatic N) is 1. The van der Waals surface area contributed by atoms with Crippen LogP contribution in [-0.4, -0.2) is 31.2 Å². The van der Waals surface area contributed by atoms with Gasteiger partial charge in [0.05, 0.1) is 12.8 Å². The Morgan fingerprint density at radius 2 is 2.40 bits per heavy atom. The molecule has 1 aromatic rings. The molecular formula is C7H11ClN2O3S2. The van der Waals surface area contributed by atoms with E-state index in [1.165, 1.54) is 6.20 Å². The Hall–Kier alpha value is -0.210. The first-order valence-corrected chi connectivity index (χ1v) is 6.92. The van der Waals surface area contributed by atoms with E-state index in [1.54, 1.807) is 6.92 Å². The Bertz CT molecular complexity index is 414. The van der Waals surface area contributed by atoms with Crippen LogP contribution < -0.4 is 4.72 Å². The number of nitrogens with one attached hydrogen (secondary N) is 1. The fourth-order valence-corrected chi connectivity index (χ4v) is 3.51. The molecule has 1 heterocycles. The number of aliphatic hydroxyl groups excluding tert-OH is 1. The normalized spacial score (nSPS) is 14.1. The van der Waals surface area contributed by atoms with Crippen LogP contribution in [0.1, 0.15) is 13.3 Å². The maximum atomic E-state index is 11.7. The zero-order chi connectivity index (χ0) is 11.5. The van der Waals surface area contributed by atoms with Gasteiger partial charge in [-0.15, -0.1) is 0 Å². The lowest BCUT2D eigenvalue weighted by Gasteiger charge is -2.12. The van der Waals surface area contributed by atoms with Gasteiger partial charge in [-0.05, 0) is 6.42 Å². The van der Waals surface area contributed by atoms with Crippen LogP contribution in [0.2, 0.25) is 4.47 Å². The van der Waals surface area contributed by atoms with E-state index in [0.717, 1.165) is 11.3 Å². The van der Waals surface area contributed by atoms with Gasteiger partial charge in [0.2, 0.25) is 0 Å². The van der Waals surface area contributed by atoms with E-state index in [1.807, 2.05) is 0 Å². The first-order valence-electron chi connectivity index (χ1n) is 4.24. The Kier molecular flexibility index (Phi) is 4.47. The van der Waals surface area contributed by atoms with Gasteiger partial charge in [-0.1, -0.05) is 29.9 Å². The smallest absolute Gasteiger partial charge is 0.252 e. The van der Waals surface area contributed by atoms with Crippen molar-refractivity contribution in [2.75, 3.05) is 6.61 Å². The van der Waals surface area contributed by atoms with E-state index in [-0.39, 0.29) is 15.3 Å². The molecule has 0 amide bonds. The standard InChI is InChI=1S/C7H11ClN2O3S2/c1-2-5(4-11)10-15(12,13)6-3-9-7(8)14-6/h3,5,10-11H,2,4H2,1H3/t5-/m1/s1. The molecule has 0 fully saturated rings. The minimum atomic E-state index is -3.60. The molecule has 0 aliphatic carbocycles. The summed E-state index contributed by atoms with van der Waals surface area (Å²) >= 11 is 6.42. The predicted molar refractivity (Wildman–Crippen MR) is 58.6 cm³/mol. The van der Waals surface area contributed by atoms with Crippen molar-refractivity contribution in [3.63, 3.8) is 0 Å². The fraction of sp³-hybridized carbons (Fsp3) is 0.571. The van der Waals surface area contributed by atoms with Gasteiger partial charge in [0, 0.05) is 6.04 Å². The van der Waals surface area contributed by atoms with E-state index in [2.05, 4.69) is 9.71 Å². The lowest BCUT2D eigenvalue weighted by molar-refractivity contribution is 0.254. The van der Waals surface area contributed by atoms with Crippen LogP contribution in [0.4, 0.5) is 0 Å². The van der Waals surface area contributed by atoms with Gasteiger partial charge >= 0.3 is 0 Å². The first-order chi connectivity index (χ1) is 6.99. The summed E-state index contributed by atoms with van der Waals surface area (Å²) in [6, 6.07) is -0.476. The number of aliphatic hydroxyl groups is 1. The number of hydrogen-bond acceptors (Lipinski definition) is 5. The summed E-state index contributed by atoms with van der Waals surface area (Å²) in [4.78, 5) is 3.64. The highest BCUT2D eigenvalue weighted by molar-refractivity contribution is 7.91. The van der Waals surface area contributed by atoms with Crippen LogP contribution in [0.25, 0.3) is 0 Å². The first kappa shape index (κ1) is 12.9. The predicted octanol–water partition coefficient (Wildman–Crippen LogP) is 0.846. The molecule has 0 unspecified atom stereocenters. The van der Waals surface area contributed by atoms with Crippen molar-refractivity contribution < 1.29 is 13.5 Å². The van der Waals surface area contributed by atoms with Crippen molar-refractivity contribution in [1.29, 1.82) is 0 Å². The molecule has 8 heteroatoms. The third kappa shape index (κ3) is 3.39. The Morgan fingerprint density at radius 3 is 2.80 bits per heavy atom. The van der Waals surface area contributed by atoms with Gasteiger partial charge in [0.1, 0.15) is 0 Å². The molecule has 0 aromatic carbocycles. The molecule has 5 nitrogen and oxygen atoms in total. The van der Waals surface area contributed by atoms with Crippen LogP contribution in [0, 0.1) is 0 Å². The number of sulfonamides is 1. The minimum absolute atomic E-state index is 0.0550. The van der Waals surface area contributed by atoms with E-state index < -0.39 is 16.1 Å². The van der Waals surface area contributed by atoms with Crippen molar-refractivity contribution in [2.24, 2.45) is 0 Å². The molecule has 86 valence electrons. The van der Waals surface area contributed by atoms with E-state index in [4.69, 9.17) is 16.7 Å². The minimum Gasteiger partial charge on any atom is -0.395 e. The SMILES string of the molecule is CC[C@H](CO)NS(=O)(=O)c1cnc(Cl)s1. The summed E-state index contributed by atoms with van der Waals surface area (Å²) in [7, 11) is -3.60. The summed E-state index contributed by atoms with van der Waals surface area (Å²) in [6.45, 7) is 1.55. The summed E-state index contributed by atoms with van der Waals surface area (Å²) in [5.41, 5.74) is 0. The average Bonchev–Trinajstić information content (AvgIpc) is 2.62. The second kappa shape index (κ2) is 5.22. The highest BCUT2D eigenvalue weighted by Gasteiger charge is 2.20. The fourth-order valence-electron chi connectivity index (χ4n) is 0.891. The number of rotatable bonds is 5. The van der Waals surface area contributed by atoms with E-state index in [9.17, 15) is 8.42 Å². The van der Waals surface area contributed by atoms with Gasteiger partial charge < -0.3 is 5.11 Å². The Labute approximate surface area is 97.2 Å². The largest absolute Gasteiger partial charge is 0.395 e. The lowest BCUT2D eigenvalue weighted by atomic mass is 10.3. The highest BCUT2D eigenvalue weighted by atomic mass is 35.5. The number of aromatic nitrogens is 1. The van der Waals surface area contributed by atoms with Gasteiger partial charge in [-0.25, -0.2) is 18.1 Å². The summed E-state index contributed by atoms with van der Waals surface area (Å²) in [5, 5.41) is 8.88.